The van der Waals surface area contributed by atoms with Crippen LogP contribution < -0.4 is 10.6 Å². The molecule has 0 aromatic heterocycles. The summed E-state index contributed by atoms with van der Waals surface area (Å²) in [7, 11) is 0. The number of hydrogen-bond donors (Lipinski definition) is 0. The first-order valence-electron chi connectivity index (χ1n) is 7.70. The molecule has 0 bridgehead atoms. The molecule has 1 radical (unpaired) electrons. The van der Waals surface area contributed by atoms with E-state index in [4.69, 9.17) is 0 Å². The van der Waals surface area contributed by atoms with Crippen LogP contribution in [0.1, 0.15) is 20.8 Å². The SMILES string of the molecule is CCN(CC)CC.[Se]P(=[Se])(c1ccccc1)c1ccccc1. The van der Waals surface area contributed by atoms with Gasteiger partial charge in [-0.15, -0.1) is 0 Å². The van der Waals surface area contributed by atoms with E-state index < -0.39 is 4.20 Å². The van der Waals surface area contributed by atoms with Crippen LogP contribution in [0, 0.1) is 0 Å². The molecule has 0 aliphatic carbocycles. The van der Waals surface area contributed by atoms with Gasteiger partial charge in [0.1, 0.15) is 0 Å². The van der Waals surface area contributed by atoms with Gasteiger partial charge in [0.15, 0.2) is 0 Å². The minimum atomic E-state index is -1.40. The van der Waals surface area contributed by atoms with Gasteiger partial charge in [0.25, 0.3) is 0 Å². The van der Waals surface area contributed by atoms with Crippen LogP contribution >= 0.6 is 4.20 Å². The molecule has 0 saturated heterocycles. The van der Waals surface area contributed by atoms with E-state index in [2.05, 4.69) is 117 Å². The van der Waals surface area contributed by atoms with Crippen molar-refractivity contribution in [3.63, 3.8) is 0 Å². The first-order chi connectivity index (χ1) is 10.6. The first-order valence-corrected chi connectivity index (χ1v) is 13.9. The molecule has 0 atom stereocenters. The van der Waals surface area contributed by atoms with Crippen LogP contribution in [0.5, 0.6) is 0 Å². The van der Waals surface area contributed by atoms with Crippen LogP contribution in [0.2, 0.25) is 0 Å². The van der Waals surface area contributed by atoms with Gasteiger partial charge in [0, 0.05) is 0 Å². The number of nitrogens with zero attached hydrogens (tertiary/aromatic N) is 1. The van der Waals surface area contributed by atoms with Gasteiger partial charge >= 0.3 is 106 Å². The van der Waals surface area contributed by atoms with Crippen molar-refractivity contribution >= 4 is 45.5 Å². The Morgan fingerprint density at radius 3 is 1.27 bits per heavy atom. The third-order valence-corrected chi connectivity index (χ3v) is 10.8. The quantitative estimate of drug-likeness (QED) is 0.506. The van der Waals surface area contributed by atoms with Crippen molar-refractivity contribution in [2.75, 3.05) is 19.6 Å². The molecule has 0 saturated carbocycles. The summed E-state index contributed by atoms with van der Waals surface area (Å²) in [6.45, 7) is 10.1. The van der Waals surface area contributed by atoms with E-state index >= 15 is 0 Å². The summed E-state index contributed by atoms with van der Waals surface area (Å²) >= 11 is 6.68. The van der Waals surface area contributed by atoms with Crippen LogP contribution in [-0.4, -0.2) is 55.2 Å². The van der Waals surface area contributed by atoms with Gasteiger partial charge in [0.2, 0.25) is 0 Å². The van der Waals surface area contributed by atoms with Crippen LogP contribution in [0.4, 0.5) is 0 Å². The minimum absolute atomic E-state index is 1.19. The summed E-state index contributed by atoms with van der Waals surface area (Å²) in [5.41, 5.74) is 0. The van der Waals surface area contributed by atoms with E-state index in [1.807, 2.05) is 0 Å². The molecule has 0 unspecified atom stereocenters. The molecule has 22 heavy (non-hydrogen) atoms. The average Bonchev–Trinajstić information content (AvgIpc) is 2.59. The standard InChI is InChI=1S/C12H10PSe2.C6H15N/c14-13(15,11-7-3-1-4-8-11)12-9-5-2-6-10-12;1-4-7(5-2)6-3/h1-10H;4-6H2,1-3H3. The van der Waals surface area contributed by atoms with Crippen LogP contribution in [-0.2, 0) is 0 Å². The van der Waals surface area contributed by atoms with Gasteiger partial charge in [0.05, 0.1) is 0 Å². The van der Waals surface area contributed by atoms with Crippen molar-refractivity contribution in [2.24, 2.45) is 0 Å². The Balaban J connectivity index is 0.000000295. The van der Waals surface area contributed by atoms with Crippen LogP contribution in [0.25, 0.3) is 0 Å². The Labute approximate surface area is 151 Å². The zero-order valence-corrected chi connectivity index (χ0v) is 17.9. The Bertz CT molecular complexity index is 519. The second-order valence-corrected chi connectivity index (χ2v) is 17.4. The molecule has 1 nitrogen and oxygen atoms in total. The summed E-state index contributed by atoms with van der Waals surface area (Å²) in [6.07, 6.45) is 0. The second-order valence-electron chi connectivity index (χ2n) is 4.84. The Hall–Kier alpha value is -0.131. The fourth-order valence-electron chi connectivity index (χ4n) is 2.07. The Morgan fingerprint density at radius 2 is 1.05 bits per heavy atom. The van der Waals surface area contributed by atoms with Crippen molar-refractivity contribution in [1.29, 1.82) is 0 Å². The van der Waals surface area contributed by atoms with Crippen LogP contribution in [0.3, 0.4) is 0 Å². The van der Waals surface area contributed by atoms with Crippen molar-refractivity contribution in [3.8, 4) is 0 Å². The van der Waals surface area contributed by atoms with Crippen molar-refractivity contribution < 1.29 is 0 Å². The molecule has 0 fully saturated rings. The first kappa shape index (κ1) is 19.9. The number of hydrogen-bond acceptors (Lipinski definition) is 1. The van der Waals surface area contributed by atoms with Gasteiger partial charge in [-0.05, 0) is 19.6 Å². The monoisotopic (exact) mass is 446 g/mol. The number of benzene rings is 2. The molecule has 2 aromatic carbocycles. The molecule has 0 amide bonds. The average molecular weight is 444 g/mol. The molecule has 0 heterocycles. The molecule has 4 heteroatoms. The molecular formula is C18H25NPSe2. The third kappa shape index (κ3) is 6.17. The molecule has 0 spiro atoms. The normalized spacial score (nSPS) is 11.0. The zero-order valence-electron chi connectivity index (χ0n) is 13.6. The molecule has 2 rings (SSSR count). The van der Waals surface area contributed by atoms with Crippen molar-refractivity contribution in [3.05, 3.63) is 60.7 Å². The van der Waals surface area contributed by atoms with E-state index in [-0.39, 0.29) is 0 Å². The molecular weight excluding hydrogens is 419 g/mol. The van der Waals surface area contributed by atoms with E-state index in [9.17, 15) is 0 Å². The maximum atomic E-state index is 3.34. The summed E-state index contributed by atoms with van der Waals surface area (Å²) in [5, 5.41) is 2.72. The van der Waals surface area contributed by atoms with Gasteiger partial charge in [-0.3, -0.25) is 0 Å². The molecule has 0 aliphatic rings. The van der Waals surface area contributed by atoms with Gasteiger partial charge < -0.3 is 4.90 Å². The topological polar surface area (TPSA) is 3.24 Å². The Morgan fingerprint density at radius 1 is 0.727 bits per heavy atom. The summed E-state index contributed by atoms with van der Waals surface area (Å²) in [4.78, 5) is 2.38. The second kappa shape index (κ2) is 10.6. The zero-order chi connectivity index (χ0) is 16.4. The Kier molecular flexibility index (Phi) is 9.60. The molecule has 2 aromatic rings. The fraction of sp³-hybridized carbons (Fsp3) is 0.333. The van der Waals surface area contributed by atoms with E-state index in [0.717, 1.165) is 0 Å². The van der Waals surface area contributed by atoms with Gasteiger partial charge in [-0.25, -0.2) is 0 Å². The molecule has 0 N–H and O–H groups in total. The molecule has 0 aliphatic heterocycles. The third-order valence-electron chi connectivity index (χ3n) is 3.53. The predicted octanol–water partition coefficient (Wildman–Crippen LogP) is 3.17. The number of rotatable bonds is 5. The van der Waals surface area contributed by atoms with Crippen molar-refractivity contribution in [2.45, 2.75) is 20.8 Å². The summed E-state index contributed by atoms with van der Waals surface area (Å²) in [5.74, 6) is 0. The van der Waals surface area contributed by atoms with E-state index in [0.29, 0.717) is 0 Å². The molecule has 119 valence electrons. The van der Waals surface area contributed by atoms with Crippen molar-refractivity contribution in [1.82, 2.24) is 4.90 Å². The fourth-order valence-corrected chi connectivity index (χ4v) is 6.56. The van der Waals surface area contributed by atoms with E-state index in [1.54, 1.807) is 0 Å². The predicted molar refractivity (Wildman–Crippen MR) is 104 cm³/mol. The van der Waals surface area contributed by atoms with Gasteiger partial charge in [-0.2, -0.15) is 0 Å². The summed E-state index contributed by atoms with van der Waals surface area (Å²) < 4.78 is -1.40. The van der Waals surface area contributed by atoms with Gasteiger partial charge in [-0.1, -0.05) is 20.8 Å². The maximum absolute atomic E-state index is 3.34. The van der Waals surface area contributed by atoms with E-state index in [1.165, 1.54) is 30.2 Å². The van der Waals surface area contributed by atoms with Crippen LogP contribution in [0.15, 0.2) is 60.7 Å². The summed E-state index contributed by atoms with van der Waals surface area (Å²) in [6, 6.07) is 21.1.